The van der Waals surface area contributed by atoms with Gasteiger partial charge in [0.15, 0.2) is 6.29 Å². The first kappa shape index (κ1) is 13.7. The fourth-order valence-corrected chi connectivity index (χ4v) is 2.32. The zero-order valence-corrected chi connectivity index (χ0v) is 12.3. The van der Waals surface area contributed by atoms with Gasteiger partial charge in [0.2, 0.25) is 0 Å². The first-order valence-corrected chi connectivity index (χ1v) is 6.92. The van der Waals surface area contributed by atoms with Crippen molar-refractivity contribution in [1.82, 2.24) is 4.98 Å². The Bertz CT molecular complexity index is 557. The lowest BCUT2D eigenvalue weighted by Gasteiger charge is -2.24. The number of aldehydes is 1. The van der Waals surface area contributed by atoms with Crippen molar-refractivity contribution >= 4 is 27.9 Å². The molecule has 0 fully saturated rings. The van der Waals surface area contributed by atoms with Crippen LogP contribution in [-0.4, -0.2) is 17.8 Å². The molecule has 0 aliphatic rings. The average Bonchev–Trinajstić information content (AvgIpc) is 2.46. The van der Waals surface area contributed by atoms with Gasteiger partial charge in [-0.25, -0.2) is 0 Å². The van der Waals surface area contributed by atoms with Crippen LogP contribution in [0.15, 0.2) is 47.2 Å². The van der Waals surface area contributed by atoms with Crippen LogP contribution in [0.4, 0.5) is 5.69 Å². The number of aromatic nitrogens is 1. The number of nitrogens with zero attached hydrogens (tertiary/aromatic N) is 2. The average molecular weight is 319 g/mol. The standard InChI is InChI=1S/C15H15BrN2O/c1-2-18(10-12-5-7-17-8-6-12)15-9-14(16)4-3-13(15)11-19/h3-9,11H,2,10H2,1H3. The van der Waals surface area contributed by atoms with Gasteiger partial charge in [-0.2, -0.15) is 0 Å². The highest BCUT2D eigenvalue weighted by atomic mass is 79.9. The molecule has 2 aromatic rings. The van der Waals surface area contributed by atoms with Gasteiger partial charge in [-0.15, -0.1) is 0 Å². The van der Waals surface area contributed by atoms with Crippen LogP contribution in [0.1, 0.15) is 22.8 Å². The number of hydrogen-bond donors (Lipinski definition) is 0. The molecule has 2 rings (SSSR count). The van der Waals surface area contributed by atoms with Gasteiger partial charge in [-0.3, -0.25) is 9.78 Å². The Hall–Kier alpha value is -1.68. The van der Waals surface area contributed by atoms with Crippen molar-refractivity contribution in [2.75, 3.05) is 11.4 Å². The Morgan fingerprint density at radius 2 is 2.00 bits per heavy atom. The van der Waals surface area contributed by atoms with Crippen molar-refractivity contribution in [2.45, 2.75) is 13.5 Å². The fraction of sp³-hybridized carbons (Fsp3) is 0.200. The Morgan fingerprint density at radius 1 is 1.26 bits per heavy atom. The monoisotopic (exact) mass is 318 g/mol. The number of hydrogen-bond acceptors (Lipinski definition) is 3. The molecule has 0 aliphatic heterocycles. The summed E-state index contributed by atoms with van der Waals surface area (Å²) >= 11 is 3.46. The van der Waals surface area contributed by atoms with Gasteiger partial charge in [0.05, 0.1) is 0 Å². The van der Waals surface area contributed by atoms with Crippen molar-refractivity contribution in [3.8, 4) is 0 Å². The topological polar surface area (TPSA) is 33.2 Å². The third-order valence-corrected chi connectivity index (χ3v) is 3.46. The van der Waals surface area contributed by atoms with Crippen molar-refractivity contribution in [3.63, 3.8) is 0 Å². The molecule has 0 saturated heterocycles. The van der Waals surface area contributed by atoms with Gasteiger partial charge < -0.3 is 4.90 Å². The number of carbonyl (C=O) groups is 1. The molecule has 98 valence electrons. The summed E-state index contributed by atoms with van der Waals surface area (Å²) in [6.07, 6.45) is 4.46. The molecule has 0 N–H and O–H groups in total. The predicted molar refractivity (Wildman–Crippen MR) is 80.5 cm³/mol. The molecule has 0 bridgehead atoms. The van der Waals surface area contributed by atoms with Crippen LogP contribution in [0.2, 0.25) is 0 Å². The minimum absolute atomic E-state index is 0.708. The zero-order chi connectivity index (χ0) is 13.7. The van der Waals surface area contributed by atoms with E-state index in [9.17, 15) is 4.79 Å². The molecule has 0 amide bonds. The van der Waals surface area contributed by atoms with Gasteiger partial charge in [0.1, 0.15) is 0 Å². The Kier molecular flexibility index (Phi) is 4.68. The van der Waals surface area contributed by atoms with E-state index in [0.29, 0.717) is 5.56 Å². The van der Waals surface area contributed by atoms with Gasteiger partial charge >= 0.3 is 0 Å². The van der Waals surface area contributed by atoms with Gasteiger partial charge in [-0.1, -0.05) is 15.9 Å². The van der Waals surface area contributed by atoms with Crippen LogP contribution in [0.25, 0.3) is 0 Å². The number of carbonyl (C=O) groups excluding carboxylic acids is 1. The Morgan fingerprint density at radius 3 is 2.63 bits per heavy atom. The maximum Gasteiger partial charge on any atom is 0.152 e. The molecule has 0 aliphatic carbocycles. The van der Waals surface area contributed by atoms with Crippen molar-refractivity contribution in [2.24, 2.45) is 0 Å². The quantitative estimate of drug-likeness (QED) is 0.788. The van der Waals surface area contributed by atoms with E-state index in [1.54, 1.807) is 12.4 Å². The molecule has 1 aromatic carbocycles. The van der Waals surface area contributed by atoms with E-state index >= 15 is 0 Å². The first-order chi connectivity index (χ1) is 9.24. The second-order valence-electron chi connectivity index (χ2n) is 4.19. The molecule has 0 radical (unpaired) electrons. The lowest BCUT2D eigenvalue weighted by Crippen LogP contribution is -2.23. The summed E-state index contributed by atoms with van der Waals surface area (Å²) in [6, 6.07) is 9.67. The molecule has 1 aromatic heterocycles. The van der Waals surface area contributed by atoms with E-state index in [-0.39, 0.29) is 0 Å². The summed E-state index contributed by atoms with van der Waals surface area (Å²) in [5.74, 6) is 0. The molecule has 0 atom stereocenters. The molecule has 3 nitrogen and oxygen atoms in total. The third-order valence-electron chi connectivity index (χ3n) is 2.96. The maximum atomic E-state index is 11.2. The van der Waals surface area contributed by atoms with Gasteiger partial charge in [-0.05, 0) is 42.8 Å². The highest BCUT2D eigenvalue weighted by Gasteiger charge is 2.10. The van der Waals surface area contributed by atoms with Gasteiger partial charge in [0, 0.05) is 41.2 Å². The molecule has 0 spiro atoms. The predicted octanol–water partition coefficient (Wildman–Crippen LogP) is 3.68. The van der Waals surface area contributed by atoms with E-state index in [1.807, 2.05) is 30.3 Å². The van der Waals surface area contributed by atoms with Gasteiger partial charge in [0.25, 0.3) is 0 Å². The summed E-state index contributed by atoms with van der Waals surface area (Å²) in [5.41, 5.74) is 2.83. The van der Waals surface area contributed by atoms with Crippen LogP contribution >= 0.6 is 15.9 Å². The summed E-state index contributed by atoms with van der Waals surface area (Å²) in [5, 5.41) is 0. The summed E-state index contributed by atoms with van der Waals surface area (Å²) in [4.78, 5) is 17.3. The molecular weight excluding hydrogens is 304 g/mol. The van der Waals surface area contributed by atoms with E-state index in [2.05, 4.69) is 32.7 Å². The van der Waals surface area contributed by atoms with Crippen LogP contribution in [0.3, 0.4) is 0 Å². The Balaban J connectivity index is 2.31. The molecule has 1 heterocycles. The number of pyridine rings is 1. The number of benzene rings is 1. The number of halogens is 1. The summed E-state index contributed by atoms with van der Waals surface area (Å²) in [7, 11) is 0. The minimum atomic E-state index is 0.708. The molecule has 4 heteroatoms. The largest absolute Gasteiger partial charge is 0.367 e. The lowest BCUT2D eigenvalue weighted by molar-refractivity contribution is 0.112. The fourth-order valence-electron chi connectivity index (χ4n) is 1.97. The normalized spacial score (nSPS) is 10.2. The van der Waals surface area contributed by atoms with E-state index in [1.165, 1.54) is 5.56 Å². The summed E-state index contributed by atoms with van der Waals surface area (Å²) < 4.78 is 0.973. The molecule has 0 unspecified atom stereocenters. The Labute approximate surface area is 121 Å². The van der Waals surface area contributed by atoms with Crippen molar-refractivity contribution < 1.29 is 4.79 Å². The van der Waals surface area contributed by atoms with E-state index in [4.69, 9.17) is 0 Å². The number of anilines is 1. The second kappa shape index (κ2) is 6.48. The minimum Gasteiger partial charge on any atom is -0.367 e. The van der Waals surface area contributed by atoms with Crippen molar-refractivity contribution in [1.29, 1.82) is 0 Å². The maximum absolute atomic E-state index is 11.2. The molecular formula is C15H15BrN2O. The molecule has 0 saturated carbocycles. The van der Waals surface area contributed by atoms with Crippen LogP contribution in [0, 0.1) is 0 Å². The highest BCUT2D eigenvalue weighted by molar-refractivity contribution is 9.10. The van der Waals surface area contributed by atoms with Crippen LogP contribution < -0.4 is 4.90 Å². The van der Waals surface area contributed by atoms with E-state index < -0.39 is 0 Å². The lowest BCUT2D eigenvalue weighted by atomic mass is 10.1. The van der Waals surface area contributed by atoms with Crippen LogP contribution in [0.5, 0.6) is 0 Å². The summed E-state index contributed by atoms with van der Waals surface area (Å²) in [6.45, 7) is 3.67. The second-order valence-corrected chi connectivity index (χ2v) is 5.11. The smallest absolute Gasteiger partial charge is 0.152 e. The first-order valence-electron chi connectivity index (χ1n) is 6.13. The van der Waals surface area contributed by atoms with Crippen LogP contribution in [-0.2, 0) is 6.54 Å². The SMILES string of the molecule is CCN(Cc1ccncc1)c1cc(Br)ccc1C=O. The highest BCUT2D eigenvalue weighted by Crippen LogP contribution is 2.25. The zero-order valence-electron chi connectivity index (χ0n) is 10.7. The third kappa shape index (κ3) is 3.41. The van der Waals surface area contributed by atoms with E-state index in [0.717, 1.165) is 29.5 Å². The van der Waals surface area contributed by atoms with Crippen molar-refractivity contribution in [3.05, 3.63) is 58.3 Å². The number of rotatable bonds is 5. The molecule has 19 heavy (non-hydrogen) atoms.